The van der Waals surface area contributed by atoms with Gasteiger partial charge in [0.1, 0.15) is 0 Å². The van der Waals surface area contributed by atoms with Gasteiger partial charge in [-0.05, 0) is 56.8 Å². The highest BCUT2D eigenvalue weighted by Gasteiger charge is 2.10. The molecular formula is C18H28N2O2S. The molecule has 5 heteroatoms. The number of amides is 1. The van der Waals surface area contributed by atoms with Crippen molar-refractivity contribution in [2.24, 2.45) is 0 Å². The minimum Gasteiger partial charge on any atom is -0.356 e. The molecule has 1 fully saturated rings. The maximum atomic E-state index is 11.8. The monoisotopic (exact) mass is 336 g/mol. The summed E-state index contributed by atoms with van der Waals surface area (Å²) in [6, 6.07) is 3.68. The van der Waals surface area contributed by atoms with E-state index in [4.69, 9.17) is 0 Å². The van der Waals surface area contributed by atoms with Crippen LogP contribution in [0, 0.1) is 0 Å². The van der Waals surface area contributed by atoms with Crippen LogP contribution in [0.5, 0.6) is 0 Å². The molecule has 0 radical (unpaired) electrons. The molecule has 0 saturated carbocycles. The van der Waals surface area contributed by atoms with E-state index in [2.05, 4.69) is 10.2 Å². The number of ketones is 1. The summed E-state index contributed by atoms with van der Waals surface area (Å²) in [4.78, 5) is 26.8. The van der Waals surface area contributed by atoms with Crippen molar-refractivity contribution in [3.63, 3.8) is 0 Å². The summed E-state index contributed by atoms with van der Waals surface area (Å²) >= 11 is 1.44. The van der Waals surface area contributed by atoms with Crippen molar-refractivity contribution in [1.29, 1.82) is 0 Å². The van der Waals surface area contributed by atoms with Gasteiger partial charge in [-0.2, -0.15) is 0 Å². The summed E-state index contributed by atoms with van der Waals surface area (Å²) in [5.74, 6) is 0.0580. The SMILES string of the molecule is O=C(CCC(=O)c1cccs1)NCCCCCN1CCCCC1. The predicted molar refractivity (Wildman–Crippen MR) is 95.0 cm³/mol. The number of nitrogens with one attached hydrogen (secondary N) is 1. The first-order valence-corrected chi connectivity index (χ1v) is 9.69. The Bertz CT molecular complexity index is 467. The Morgan fingerprint density at radius 2 is 1.91 bits per heavy atom. The van der Waals surface area contributed by atoms with Crippen LogP contribution in [0.3, 0.4) is 0 Å². The Kier molecular flexibility index (Phi) is 8.32. The van der Waals surface area contributed by atoms with Gasteiger partial charge in [-0.1, -0.05) is 18.9 Å². The summed E-state index contributed by atoms with van der Waals surface area (Å²) in [7, 11) is 0. The van der Waals surface area contributed by atoms with E-state index >= 15 is 0 Å². The molecule has 0 aliphatic carbocycles. The predicted octanol–water partition coefficient (Wildman–Crippen LogP) is 3.48. The van der Waals surface area contributed by atoms with Gasteiger partial charge in [0.15, 0.2) is 5.78 Å². The van der Waals surface area contributed by atoms with Gasteiger partial charge in [-0.3, -0.25) is 9.59 Å². The molecule has 0 atom stereocenters. The average Bonchev–Trinajstić information content (AvgIpc) is 3.11. The van der Waals surface area contributed by atoms with Crippen LogP contribution in [0.2, 0.25) is 0 Å². The van der Waals surface area contributed by atoms with E-state index in [1.54, 1.807) is 0 Å². The molecule has 0 spiro atoms. The van der Waals surface area contributed by atoms with E-state index in [0.717, 1.165) is 24.3 Å². The third-order valence-electron chi connectivity index (χ3n) is 4.30. The number of likely N-dealkylation sites (tertiary alicyclic amines) is 1. The zero-order chi connectivity index (χ0) is 16.3. The van der Waals surface area contributed by atoms with Gasteiger partial charge in [0, 0.05) is 19.4 Å². The van der Waals surface area contributed by atoms with E-state index in [0.29, 0.717) is 12.8 Å². The third kappa shape index (κ3) is 7.27. The van der Waals surface area contributed by atoms with Crippen LogP contribution in [-0.4, -0.2) is 42.8 Å². The molecule has 0 unspecified atom stereocenters. The molecule has 23 heavy (non-hydrogen) atoms. The van der Waals surface area contributed by atoms with Crippen molar-refractivity contribution in [2.75, 3.05) is 26.2 Å². The maximum Gasteiger partial charge on any atom is 0.220 e. The average molecular weight is 337 g/mol. The third-order valence-corrected chi connectivity index (χ3v) is 5.21. The van der Waals surface area contributed by atoms with Crippen LogP contribution in [0.25, 0.3) is 0 Å². The van der Waals surface area contributed by atoms with Gasteiger partial charge in [0.2, 0.25) is 5.91 Å². The molecule has 2 rings (SSSR count). The second-order valence-corrected chi connectivity index (χ2v) is 7.16. The topological polar surface area (TPSA) is 49.4 Å². The molecule has 1 saturated heterocycles. The van der Waals surface area contributed by atoms with Crippen LogP contribution in [0.4, 0.5) is 0 Å². The second kappa shape index (κ2) is 10.6. The molecule has 2 heterocycles. The molecule has 1 amide bonds. The fourth-order valence-electron chi connectivity index (χ4n) is 2.92. The highest BCUT2D eigenvalue weighted by Crippen LogP contribution is 2.12. The molecule has 0 aromatic carbocycles. The molecule has 1 aromatic rings. The molecule has 1 aromatic heterocycles. The minimum absolute atomic E-state index is 0.00839. The van der Waals surface area contributed by atoms with Crippen LogP contribution in [0.1, 0.15) is 61.0 Å². The van der Waals surface area contributed by atoms with E-state index in [9.17, 15) is 9.59 Å². The Hall–Kier alpha value is -1.20. The Balaban J connectivity index is 1.44. The van der Waals surface area contributed by atoms with Gasteiger partial charge < -0.3 is 10.2 Å². The van der Waals surface area contributed by atoms with E-state index in [1.807, 2.05) is 17.5 Å². The summed E-state index contributed by atoms with van der Waals surface area (Å²) < 4.78 is 0. The van der Waals surface area contributed by atoms with Crippen molar-refractivity contribution in [1.82, 2.24) is 10.2 Å². The van der Waals surface area contributed by atoms with Crippen LogP contribution < -0.4 is 5.32 Å². The van der Waals surface area contributed by atoms with Crippen LogP contribution >= 0.6 is 11.3 Å². The quantitative estimate of drug-likeness (QED) is 0.526. The number of hydrogen-bond donors (Lipinski definition) is 1. The van der Waals surface area contributed by atoms with Gasteiger partial charge in [-0.15, -0.1) is 11.3 Å². The number of rotatable bonds is 10. The summed E-state index contributed by atoms with van der Waals surface area (Å²) in [5, 5.41) is 4.81. The molecule has 0 bridgehead atoms. The summed E-state index contributed by atoms with van der Waals surface area (Å²) in [6.45, 7) is 4.44. The Labute approximate surface area is 143 Å². The number of nitrogens with zero attached hydrogens (tertiary/aromatic N) is 1. The number of hydrogen-bond acceptors (Lipinski definition) is 4. The number of piperidine rings is 1. The van der Waals surface area contributed by atoms with Gasteiger partial charge in [-0.25, -0.2) is 0 Å². The van der Waals surface area contributed by atoms with E-state index < -0.39 is 0 Å². The first-order valence-electron chi connectivity index (χ1n) is 8.81. The lowest BCUT2D eigenvalue weighted by Gasteiger charge is -2.26. The van der Waals surface area contributed by atoms with Gasteiger partial charge in [0.25, 0.3) is 0 Å². The fraction of sp³-hybridized carbons (Fsp3) is 0.667. The van der Waals surface area contributed by atoms with Crippen molar-refractivity contribution < 1.29 is 9.59 Å². The molecule has 128 valence electrons. The minimum atomic E-state index is -0.00839. The van der Waals surface area contributed by atoms with Crippen LogP contribution in [-0.2, 0) is 4.79 Å². The van der Waals surface area contributed by atoms with Crippen molar-refractivity contribution in [3.8, 4) is 0 Å². The standard InChI is InChI=1S/C18H28N2O2S/c21-16(17-8-7-15-23-17)9-10-18(22)19-11-3-1-4-12-20-13-5-2-6-14-20/h7-8,15H,1-6,9-14H2,(H,19,22). The Morgan fingerprint density at radius 1 is 1.09 bits per heavy atom. The first-order chi connectivity index (χ1) is 11.3. The number of thiophene rings is 1. The highest BCUT2D eigenvalue weighted by molar-refractivity contribution is 7.12. The Morgan fingerprint density at radius 3 is 2.65 bits per heavy atom. The lowest BCUT2D eigenvalue weighted by Crippen LogP contribution is -2.30. The molecule has 1 N–H and O–H groups in total. The van der Waals surface area contributed by atoms with E-state index in [-0.39, 0.29) is 11.7 Å². The van der Waals surface area contributed by atoms with Crippen LogP contribution in [0.15, 0.2) is 17.5 Å². The summed E-state index contributed by atoms with van der Waals surface area (Å²) in [5.41, 5.74) is 0. The zero-order valence-electron chi connectivity index (χ0n) is 13.9. The number of carbonyl (C=O) groups is 2. The highest BCUT2D eigenvalue weighted by atomic mass is 32.1. The maximum absolute atomic E-state index is 11.8. The normalized spacial score (nSPS) is 15.5. The lowest BCUT2D eigenvalue weighted by atomic mass is 10.1. The molecule has 1 aliphatic heterocycles. The first kappa shape index (κ1) is 18.1. The smallest absolute Gasteiger partial charge is 0.220 e. The number of unbranched alkanes of at least 4 members (excludes halogenated alkanes) is 2. The van der Waals surface area contributed by atoms with Gasteiger partial charge in [0.05, 0.1) is 4.88 Å². The summed E-state index contributed by atoms with van der Waals surface area (Å²) in [6.07, 6.45) is 8.08. The zero-order valence-corrected chi connectivity index (χ0v) is 14.7. The molecule has 4 nitrogen and oxygen atoms in total. The van der Waals surface area contributed by atoms with Crippen molar-refractivity contribution in [3.05, 3.63) is 22.4 Å². The van der Waals surface area contributed by atoms with Crippen molar-refractivity contribution >= 4 is 23.0 Å². The van der Waals surface area contributed by atoms with Gasteiger partial charge >= 0.3 is 0 Å². The largest absolute Gasteiger partial charge is 0.356 e. The number of Topliss-reactive ketones (excluding diaryl/α,β-unsaturated/α-hetero) is 1. The molecule has 1 aliphatic rings. The molecular weight excluding hydrogens is 308 g/mol. The second-order valence-electron chi connectivity index (χ2n) is 6.21. The fourth-order valence-corrected chi connectivity index (χ4v) is 3.62. The van der Waals surface area contributed by atoms with E-state index in [1.165, 1.54) is 56.7 Å². The number of carbonyl (C=O) groups excluding carboxylic acids is 2. The lowest BCUT2D eigenvalue weighted by molar-refractivity contribution is -0.121. The van der Waals surface area contributed by atoms with Crippen molar-refractivity contribution in [2.45, 2.75) is 51.4 Å².